The highest BCUT2D eigenvalue weighted by Crippen LogP contribution is 2.32. The molecule has 0 aliphatic carbocycles. The van der Waals surface area contributed by atoms with Gasteiger partial charge < -0.3 is 20.4 Å². The lowest BCUT2D eigenvalue weighted by atomic mass is 10.0. The maximum absolute atomic E-state index is 12.0. The molecule has 2 rings (SSSR count). The van der Waals surface area contributed by atoms with Gasteiger partial charge in [-0.1, -0.05) is 0 Å². The summed E-state index contributed by atoms with van der Waals surface area (Å²) in [5.74, 6) is -1.34. The zero-order chi connectivity index (χ0) is 14.0. The average Bonchev–Trinajstić information content (AvgIpc) is 2.85. The van der Waals surface area contributed by atoms with E-state index in [1.54, 1.807) is 16.2 Å². The molecule has 19 heavy (non-hydrogen) atoms. The molecule has 104 valence electrons. The summed E-state index contributed by atoms with van der Waals surface area (Å²) in [6.45, 7) is 2.26. The second kappa shape index (κ2) is 5.58. The molecule has 7 heteroatoms. The van der Waals surface area contributed by atoms with Gasteiger partial charge in [0.2, 0.25) is 0 Å². The molecule has 1 aromatic heterocycles. The summed E-state index contributed by atoms with van der Waals surface area (Å²) < 4.78 is 0. The fraction of sp³-hybridized carbons (Fsp3) is 0.500. The summed E-state index contributed by atoms with van der Waals surface area (Å²) in [5, 5.41) is 22.1. The van der Waals surface area contributed by atoms with Crippen LogP contribution in [0.1, 0.15) is 23.4 Å². The van der Waals surface area contributed by atoms with Crippen LogP contribution in [0, 0.1) is 0 Å². The number of carboxylic acids is 1. The van der Waals surface area contributed by atoms with Crippen molar-refractivity contribution in [3.05, 3.63) is 21.9 Å². The van der Waals surface area contributed by atoms with Crippen molar-refractivity contribution in [2.75, 3.05) is 13.1 Å². The van der Waals surface area contributed by atoms with Crippen LogP contribution in [-0.2, 0) is 11.2 Å². The zero-order valence-electron chi connectivity index (χ0n) is 10.5. The molecule has 2 amide bonds. The Morgan fingerprint density at radius 1 is 1.63 bits per heavy atom. The van der Waals surface area contributed by atoms with Crippen LogP contribution in [0.25, 0.3) is 0 Å². The summed E-state index contributed by atoms with van der Waals surface area (Å²) in [4.78, 5) is 25.4. The molecule has 0 aromatic carbocycles. The van der Waals surface area contributed by atoms with E-state index in [1.165, 1.54) is 4.88 Å². The predicted molar refractivity (Wildman–Crippen MR) is 70.2 cm³/mol. The van der Waals surface area contributed by atoms with E-state index < -0.39 is 12.1 Å². The van der Waals surface area contributed by atoms with Crippen LogP contribution in [0.15, 0.2) is 11.4 Å². The normalized spacial score (nSPS) is 19.7. The molecule has 0 bridgehead atoms. The van der Waals surface area contributed by atoms with Crippen LogP contribution in [0.2, 0.25) is 0 Å². The SMILES string of the molecule is CC1c2ccsc2CCN1C(=O)NC[C@H](O)C(=O)O. The van der Waals surface area contributed by atoms with Crippen LogP contribution >= 0.6 is 11.3 Å². The van der Waals surface area contributed by atoms with Gasteiger partial charge in [-0.05, 0) is 30.4 Å². The molecule has 6 nitrogen and oxygen atoms in total. The summed E-state index contributed by atoms with van der Waals surface area (Å²) in [6, 6.07) is 1.64. The van der Waals surface area contributed by atoms with Gasteiger partial charge >= 0.3 is 12.0 Å². The van der Waals surface area contributed by atoms with E-state index in [-0.39, 0.29) is 18.6 Å². The first-order valence-corrected chi connectivity index (χ1v) is 6.90. The van der Waals surface area contributed by atoms with E-state index >= 15 is 0 Å². The Balaban J connectivity index is 1.96. The van der Waals surface area contributed by atoms with Crippen molar-refractivity contribution in [3.8, 4) is 0 Å². The molecule has 0 fully saturated rings. The molecule has 0 saturated heterocycles. The Bertz CT molecular complexity index is 488. The van der Waals surface area contributed by atoms with E-state index in [1.807, 2.05) is 18.4 Å². The van der Waals surface area contributed by atoms with Crippen molar-refractivity contribution >= 4 is 23.3 Å². The van der Waals surface area contributed by atoms with Gasteiger partial charge in [-0.25, -0.2) is 9.59 Å². The topological polar surface area (TPSA) is 89.9 Å². The minimum atomic E-state index is -1.57. The molecule has 0 spiro atoms. The molecule has 1 aromatic rings. The predicted octanol–water partition coefficient (Wildman–Crippen LogP) is 0.822. The summed E-state index contributed by atoms with van der Waals surface area (Å²) >= 11 is 1.69. The van der Waals surface area contributed by atoms with Gasteiger partial charge in [-0.2, -0.15) is 0 Å². The number of amides is 2. The van der Waals surface area contributed by atoms with Crippen molar-refractivity contribution in [3.63, 3.8) is 0 Å². The second-order valence-electron chi connectivity index (χ2n) is 4.46. The number of nitrogens with zero attached hydrogens (tertiary/aromatic N) is 1. The van der Waals surface area contributed by atoms with Gasteiger partial charge in [0.1, 0.15) is 0 Å². The van der Waals surface area contributed by atoms with Gasteiger partial charge in [0.05, 0.1) is 12.6 Å². The molecule has 0 saturated carbocycles. The second-order valence-corrected chi connectivity index (χ2v) is 5.46. The first kappa shape index (κ1) is 13.8. The molecule has 1 aliphatic rings. The standard InChI is InChI=1S/C12H16N2O4S/c1-7-8-3-5-19-10(8)2-4-14(7)12(18)13-6-9(15)11(16)17/h3,5,7,9,15H,2,4,6H2,1H3,(H,13,18)(H,16,17)/t7?,9-/m0/s1. The van der Waals surface area contributed by atoms with Gasteiger partial charge in [0.15, 0.2) is 6.10 Å². The number of fused-ring (bicyclic) bond motifs is 1. The lowest BCUT2D eigenvalue weighted by Crippen LogP contribution is -2.47. The molecule has 1 aliphatic heterocycles. The smallest absolute Gasteiger partial charge is 0.334 e. The fourth-order valence-corrected chi connectivity index (χ4v) is 3.12. The average molecular weight is 284 g/mol. The van der Waals surface area contributed by atoms with E-state index in [0.717, 1.165) is 12.0 Å². The highest BCUT2D eigenvalue weighted by atomic mass is 32.1. The molecular weight excluding hydrogens is 268 g/mol. The number of aliphatic hydroxyl groups excluding tert-OH is 1. The molecule has 1 unspecified atom stereocenters. The number of carbonyl (C=O) groups is 2. The number of aliphatic carboxylic acids is 1. The largest absolute Gasteiger partial charge is 0.479 e. The number of rotatable bonds is 3. The summed E-state index contributed by atoms with van der Waals surface area (Å²) in [5.41, 5.74) is 1.14. The van der Waals surface area contributed by atoms with Crippen molar-refractivity contribution in [1.29, 1.82) is 0 Å². The zero-order valence-corrected chi connectivity index (χ0v) is 11.3. The quantitative estimate of drug-likeness (QED) is 0.766. The Labute approximate surface area is 114 Å². The Hall–Kier alpha value is -1.60. The number of urea groups is 1. The summed E-state index contributed by atoms with van der Waals surface area (Å²) in [6.07, 6.45) is -0.757. The molecule has 2 atom stereocenters. The van der Waals surface area contributed by atoms with Crippen LogP contribution in [0.3, 0.4) is 0 Å². The number of thiophene rings is 1. The lowest BCUT2D eigenvalue weighted by molar-refractivity contribution is -0.146. The Kier molecular flexibility index (Phi) is 4.06. The fourth-order valence-electron chi connectivity index (χ4n) is 2.16. The van der Waals surface area contributed by atoms with Crippen molar-refractivity contribution in [1.82, 2.24) is 10.2 Å². The number of nitrogens with one attached hydrogen (secondary N) is 1. The van der Waals surface area contributed by atoms with Crippen LogP contribution < -0.4 is 5.32 Å². The minimum absolute atomic E-state index is 0.0306. The number of carbonyl (C=O) groups excluding carboxylic acids is 1. The first-order valence-electron chi connectivity index (χ1n) is 6.02. The monoisotopic (exact) mass is 284 g/mol. The third-order valence-corrected chi connectivity index (χ3v) is 4.27. The first-order chi connectivity index (χ1) is 9.00. The van der Waals surface area contributed by atoms with Gasteiger partial charge in [-0.3, -0.25) is 0 Å². The van der Waals surface area contributed by atoms with E-state index in [4.69, 9.17) is 10.2 Å². The maximum atomic E-state index is 12.0. The van der Waals surface area contributed by atoms with Crippen molar-refractivity contribution < 1.29 is 19.8 Å². The maximum Gasteiger partial charge on any atom is 0.334 e. The van der Waals surface area contributed by atoms with Crippen LogP contribution in [0.5, 0.6) is 0 Å². The van der Waals surface area contributed by atoms with Crippen molar-refractivity contribution in [2.24, 2.45) is 0 Å². The number of aliphatic hydroxyl groups is 1. The van der Waals surface area contributed by atoms with E-state index in [9.17, 15) is 9.59 Å². The van der Waals surface area contributed by atoms with E-state index in [0.29, 0.717) is 6.54 Å². The van der Waals surface area contributed by atoms with Gasteiger partial charge in [-0.15, -0.1) is 11.3 Å². The molecule has 3 N–H and O–H groups in total. The number of hydrogen-bond acceptors (Lipinski definition) is 4. The third-order valence-electron chi connectivity index (χ3n) is 3.27. The highest BCUT2D eigenvalue weighted by Gasteiger charge is 2.28. The Morgan fingerprint density at radius 2 is 2.37 bits per heavy atom. The van der Waals surface area contributed by atoms with Crippen LogP contribution in [0.4, 0.5) is 4.79 Å². The highest BCUT2D eigenvalue weighted by molar-refractivity contribution is 7.10. The third kappa shape index (κ3) is 2.87. The lowest BCUT2D eigenvalue weighted by Gasteiger charge is -2.33. The van der Waals surface area contributed by atoms with Gasteiger partial charge in [0, 0.05) is 11.4 Å². The van der Waals surface area contributed by atoms with Crippen LogP contribution in [-0.4, -0.2) is 46.3 Å². The van der Waals surface area contributed by atoms with Gasteiger partial charge in [0.25, 0.3) is 0 Å². The number of carboxylic acid groups (broad SMARTS) is 1. The molecule has 0 radical (unpaired) electrons. The van der Waals surface area contributed by atoms with Crippen molar-refractivity contribution in [2.45, 2.75) is 25.5 Å². The number of hydrogen-bond donors (Lipinski definition) is 3. The minimum Gasteiger partial charge on any atom is -0.479 e. The van der Waals surface area contributed by atoms with E-state index in [2.05, 4.69) is 5.32 Å². The summed E-state index contributed by atoms with van der Waals surface area (Å²) in [7, 11) is 0. The molecular formula is C12H16N2O4S. The Morgan fingerprint density at radius 3 is 3.05 bits per heavy atom. The molecule has 2 heterocycles.